The quantitative estimate of drug-likeness (QED) is 0.366. The minimum Gasteiger partial charge on any atom is -0.379 e. The first kappa shape index (κ1) is 19.2. The molecule has 0 aliphatic heterocycles. The first-order valence-electron chi connectivity index (χ1n) is 8.03. The molecular formula is C18H17Cl2N5O2. The van der Waals surface area contributed by atoms with Crippen molar-refractivity contribution in [2.75, 3.05) is 5.73 Å². The number of rotatable bonds is 6. The number of nitrogen functional groups attached to an aromatic ring is 1. The van der Waals surface area contributed by atoms with Crippen LogP contribution in [0, 0.1) is 6.92 Å². The van der Waals surface area contributed by atoms with Crippen LogP contribution in [0.25, 0.3) is 0 Å². The highest BCUT2D eigenvalue weighted by molar-refractivity contribution is 6.35. The Bertz CT molecular complexity index is 958. The van der Waals surface area contributed by atoms with Crippen LogP contribution in [0.3, 0.4) is 0 Å². The average Bonchev–Trinajstić information content (AvgIpc) is 3.07. The number of anilines is 1. The van der Waals surface area contributed by atoms with Crippen LogP contribution in [-0.4, -0.2) is 16.1 Å². The van der Waals surface area contributed by atoms with E-state index >= 15 is 0 Å². The molecule has 9 heteroatoms. The van der Waals surface area contributed by atoms with Crippen molar-refractivity contribution in [1.82, 2.24) is 15.8 Å². The average molecular weight is 406 g/mol. The maximum absolute atomic E-state index is 6.15. The minimum absolute atomic E-state index is 0.110. The van der Waals surface area contributed by atoms with E-state index in [0.717, 1.165) is 16.7 Å². The second-order valence-corrected chi connectivity index (χ2v) is 6.56. The zero-order valence-electron chi connectivity index (χ0n) is 14.4. The third-order valence-corrected chi connectivity index (χ3v) is 4.41. The molecule has 3 aromatic rings. The van der Waals surface area contributed by atoms with E-state index in [9.17, 15) is 0 Å². The Morgan fingerprint density at radius 3 is 2.70 bits per heavy atom. The van der Waals surface area contributed by atoms with Crippen LogP contribution in [0.4, 0.5) is 5.82 Å². The zero-order chi connectivity index (χ0) is 19.2. The number of aryl methyl sites for hydroxylation is 1. The van der Waals surface area contributed by atoms with Gasteiger partial charge in [0.15, 0.2) is 17.3 Å². The van der Waals surface area contributed by atoms with Crippen molar-refractivity contribution in [3.63, 3.8) is 0 Å². The number of hydrogen-bond donors (Lipinski definition) is 2. The Morgan fingerprint density at radius 1 is 1.19 bits per heavy atom. The van der Waals surface area contributed by atoms with Crippen LogP contribution in [0.5, 0.6) is 0 Å². The maximum atomic E-state index is 6.15. The van der Waals surface area contributed by atoms with E-state index in [1.54, 1.807) is 18.2 Å². The summed E-state index contributed by atoms with van der Waals surface area (Å²) in [6, 6.07) is 13.1. The fraction of sp³-hybridized carbons (Fsp3) is 0.167. The van der Waals surface area contributed by atoms with Gasteiger partial charge in [0.2, 0.25) is 0 Å². The molecule has 0 aliphatic rings. The summed E-state index contributed by atoms with van der Waals surface area (Å²) in [7, 11) is 0. The third-order valence-electron chi connectivity index (χ3n) is 3.82. The van der Waals surface area contributed by atoms with Crippen LogP contribution in [0.2, 0.25) is 10.0 Å². The molecule has 140 valence electrons. The number of aliphatic imine (C=N–C) groups is 1. The van der Waals surface area contributed by atoms with E-state index in [1.165, 1.54) is 0 Å². The second-order valence-electron chi connectivity index (χ2n) is 5.72. The molecule has 0 bridgehead atoms. The molecule has 0 aliphatic carbocycles. The highest BCUT2D eigenvalue weighted by Gasteiger charge is 2.15. The molecule has 27 heavy (non-hydrogen) atoms. The lowest BCUT2D eigenvalue weighted by Crippen LogP contribution is -2.26. The molecular weight excluding hydrogens is 389 g/mol. The Balaban J connectivity index is 1.73. The van der Waals surface area contributed by atoms with Gasteiger partial charge in [-0.15, -0.1) is 0 Å². The molecule has 0 radical (unpaired) electrons. The zero-order valence-corrected chi connectivity index (χ0v) is 16.0. The first-order chi connectivity index (χ1) is 13.0. The summed E-state index contributed by atoms with van der Waals surface area (Å²) in [4.78, 5) is 10.0. The molecule has 0 saturated heterocycles. The smallest absolute Gasteiger partial charge is 0.199 e. The number of halogens is 2. The highest BCUT2D eigenvalue weighted by Crippen LogP contribution is 2.21. The number of nitrogens with one attached hydrogen (secondary N) is 1. The summed E-state index contributed by atoms with van der Waals surface area (Å²) < 4.78 is 4.66. The van der Waals surface area contributed by atoms with E-state index in [2.05, 4.69) is 25.4 Å². The summed E-state index contributed by atoms with van der Waals surface area (Å²) in [5, 5.41) is 8.42. The topological polar surface area (TPSA) is 98.6 Å². The van der Waals surface area contributed by atoms with Gasteiger partial charge in [-0.05, 0) is 46.1 Å². The Labute approximate surface area is 166 Å². The van der Waals surface area contributed by atoms with E-state index in [0.29, 0.717) is 22.4 Å². The monoisotopic (exact) mass is 405 g/mol. The van der Waals surface area contributed by atoms with Gasteiger partial charge in [0.25, 0.3) is 0 Å². The van der Waals surface area contributed by atoms with Crippen LogP contribution in [0.15, 0.2) is 52.1 Å². The summed E-state index contributed by atoms with van der Waals surface area (Å²) in [6.45, 7) is 2.61. The number of hydroxylamine groups is 1. The molecule has 0 saturated carbocycles. The fourth-order valence-electron chi connectivity index (χ4n) is 2.29. The van der Waals surface area contributed by atoms with E-state index in [-0.39, 0.29) is 18.1 Å². The van der Waals surface area contributed by atoms with Crippen molar-refractivity contribution in [1.29, 1.82) is 0 Å². The lowest BCUT2D eigenvalue weighted by atomic mass is 10.1. The standard InChI is InChI=1S/C18H17Cl2N5O2/c1-11-4-2-3-5-12(11)9-22-18(16-17(21)24-27-23-16)25-26-10-13-6-7-14(19)8-15(13)20/h2-8H,9-10H2,1H3,(H2,21,24)(H,22,25). The molecule has 0 spiro atoms. The van der Waals surface area contributed by atoms with Gasteiger partial charge in [-0.1, -0.05) is 53.5 Å². The molecule has 3 rings (SSSR count). The van der Waals surface area contributed by atoms with Crippen molar-refractivity contribution in [2.45, 2.75) is 20.1 Å². The molecule has 1 heterocycles. The van der Waals surface area contributed by atoms with Gasteiger partial charge in [-0.25, -0.2) is 10.1 Å². The van der Waals surface area contributed by atoms with Gasteiger partial charge in [0.05, 0.1) is 6.54 Å². The summed E-state index contributed by atoms with van der Waals surface area (Å²) in [5.74, 6) is 0.418. The lowest BCUT2D eigenvalue weighted by Gasteiger charge is -2.10. The summed E-state index contributed by atoms with van der Waals surface area (Å²) in [5.41, 5.74) is 11.8. The van der Waals surface area contributed by atoms with Crippen molar-refractivity contribution >= 4 is 34.9 Å². The van der Waals surface area contributed by atoms with Gasteiger partial charge < -0.3 is 5.73 Å². The van der Waals surface area contributed by atoms with E-state index < -0.39 is 0 Å². The van der Waals surface area contributed by atoms with Crippen molar-refractivity contribution < 1.29 is 9.47 Å². The molecule has 1 aromatic heterocycles. The number of nitrogens with two attached hydrogens (primary N) is 1. The van der Waals surface area contributed by atoms with Crippen LogP contribution >= 0.6 is 23.2 Å². The predicted molar refractivity (Wildman–Crippen MR) is 105 cm³/mol. The molecule has 3 N–H and O–H groups in total. The number of benzene rings is 2. The molecule has 0 atom stereocenters. The lowest BCUT2D eigenvalue weighted by molar-refractivity contribution is 0.0711. The Kier molecular flexibility index (Phi) is 6.28. The van der Waals surface area contributed by atoms with Gasteiger partial charge in [0.1, 0.15) is 6.61 Å². The maximum Gasteiger partial charge on any atom is 0.199 e. The SMILES string of the molecule is Cc1ccccc1CN=C(NOCc1ccc(Cl)cc1Cl)c1nonc1N. The third kappa shape index (κ3) is 4.97. The number of hydrogen-bond acceptors (Lipinski definition) is 6. The highest BCUT2D eigenvalue weighted by atomic mass is 35.5. The normalized spacial score (nSPS) is 11.6. The predicted octanol–water partition coefficient (Wildman–Crippen LogP) is 3.94. The van der Waals surface area contributed by atoms with Crippen molar-refractivity contribution in [3.8, 4) is 0 Å². The molecule has 0 unspecified atom stereocenters. The molecule has 0 fully saturated rings. The minimum atomic E-state index is 0.110. The second kappa shape index (κ2) is 8.85. The fourth-order valence-corrected chi connectivity index (χ4v) is 2.75. The van der Waals surface area contributed by atoms with Crippen molar-refractivity contribution in [3.05, 3.63) is 74.9 Å². The number of aromatic nitrogens is 2. The summed E-state index contributed by atoms with van der Waals surface area (Å²) in [6.07, 6.45) is 0. The van der Waals surface area contributed by atoms with Gasteiger partial charge in [-0.3, -0.25) is 9.83 Å². The van der Waals surface area contributed by atoms with E-state index in [1.807, 2.05) is 31.2 Å². The first-order valence-corrected chi connectivity index (χ1v) is 8.79. The molecule has 0 amide bonds. The van der Waals surface area contributed by atoms with Crippen LogP contribution < -0.4 is 11.2 Å². The largest absolute Gasteiger partial charge is 0.379 e. The van der Waals surface area contributed by atoms with Gasteiger partial charge in [0, 0.05) is 10.0 Å². The van der Waals surface area contributed by atoms with Crippen LogP contribution in [0.1, 0.15) is 22.4 Å². The Morgan fingerprint density at radius 2 is 2.00 bits per heavy atom. The van der Waals surface area contributed by atoms with Crippen LogP contribution in [-0.2, 0) is 18.0 Å². The van der Waals surface area contributed by atoms with Gasteiger partial charge >= 0.3 is 0 Å². The number of amidine groups is 1. The van der Waals surface area contributed by atoms with Crippen molar-refractivity contribution in [2.24, 2.45) is 4.99 Å². The number of nitrogens with zero attached hydrogens (tertiary/aromatic N) is 3. The van der Waals surface area contributed by atoms with Gasteiger partial charge in [-0.2, -0.15) is 0 Å². The molecule has 2 aromatic carbocycles. The molecule has 7 nitrogen and oxygen atoms in total. The van der Waals surface area contributed by atoms with E-state index in [4.69, 9.17) is 33.8 Å². The Hall–Kier alpha value is -2.61. The summed E-state index contributed by atoms with van der Waals surface area (Å²) >= 11 is 12.0.